The van der Waals surface area contributed by atoms with Gasteiger partial charge < -0.3 is 14.6 Å². The summed E-state index contributed by atoms with van der Waals surface area (Å²) in [7, 11) is 0. The minimum Gasteiger partial charge on any atom is -0.462 e. The molecule has 172 valence electrons. The number of hydrogen-bond donors (Lipinski definition) is 1. The van der Waals surface area contributed by atoms with Crippen molar-refractivity contribution in [2.45, 2.75) is 116 Å². The summed E-state index contributed by atoms with van der Waals surface area (Å²) in [6.07, 6.45) is 6.76. The molecule has 2 saturated heterocycles. The van der Waals surface area contributed by atoms with Gasteiger partial charge in [0.25, 0.3) is 0 Å². The summed E-state index contributed by atoms with van der Waals surface area (Å²) < 4.78 is 12.0. The molecule has 0 radical (unpaired) electrons. The maximum absolute atomic E-state index is 12.7. The second-order valence-corrected chi connectivity index (χ2v) is 9.76. The number of ether oxygens (including phenoxy) is 2. The maximum Gasteiger partial charge on any atom is 0.308 e. The van der Waals surface area contributed by atoms with E-state index in [-0.39, 0.29) is 41.9 Å². The quantitative estimate of drug-likeness (QED) is 0.501. The molecule has 2 heterocycles. The number of cyclic esters (lactones) is 1. The molecule has 0 amide bonds. The van der Waals surface area contributed by atoms with Crippen molar-refractivity contribution in [3.05, 3.63) is 12.2 Å². The van der Waals surface area contributed by atoms with Gasteiger partial charge in [-0.05, 0) is 38.0 Å². The van der Waals surface area contributed by atoms with Crippen LogP contribution >= 0.6 is 0 Å². The number of carbonyl (C=O) groups is 2. The van der Waals surface area contributed by atoms with E-state index in [2.05, 4.69) is 20.4 Å². The van der Waals surface area contributed by atoms with Crippen molar-refractivity contribution in [1.82, 2.24) is 0 Å². The number of fused-ring (bicyclic) bond motifs is 2. The first-order chi connectivity index (χ1) is 14.2. The lowest BCUT2D eigenvalue weighted by Gasteiger charge is -2.23. The molecule has 2 fully saturated rings. The first-order valence-corrected chi connectivity index (χ1v) is 12.0. The molecule has 7 atom stereocenters. The minimum atomic E-state index is -0.993. The number of rotatable bonds is 2. The SMILES string of the molecule is C=C1C[C@@H](CCC)OC(=O)[C@@H](C)CCCC[C@@H]2O[C@@H](C[C@@H](O)C(=O)[C@H](C)C1)C[C@@H]2C. The highest BCUT2D eigenvalue weighted by atomic mass is 16.5. The molecule has 0 aromatic heterocycles. The zero-order chi connectivity index (χ0) is 22.3. The Balaban J connectivity index is 2.09. The number of ketones is 1. The van der Waals surface area contributed by atoms with Crippen molar-refractivity contribution in [1.29, 1.82) is 0 Å². The van der Waals surface area contributed by atoms with Gasteiger partial charge in [-0.2, -0.15) is 0 Å². The van der Waals surface area contributed by atoms with Gasteiger partial charge >= 0.3 is 5.97 Å². The van der Waals surface area contributed by atoms with E-state index in [4.69, 9.17) is 9.47 Å². The van der Waals surface area contributed by atoms with E-state index in [1.54, 1.807) is 0 Å². The molecule has 2 rings (SSSR count). The molecule has 0 aromatic rings. The third-order valence-electron chi connectivity index (χ3n) is 6.72. The van der Waals surface area contributed by atoms with E-state index in [1.807, 2.05) is 13.8 Å². The van der Waals surface area contributed by atoms with Crippen LogP contribution in [0.2, 0.25) is 0 Å². The van der Waals surface area contributed by atoms with Crippen molar-refractivity contribution in [3.63, 3.8) is 0 Å². The molecule has 5 nitrogen and oxygen atoms in total. The van der Waals surface area contributed by atoms with E-state index < -0.39 is 6.10 Å². The molecule has 2 aliphatic rings. The van der Waals surface area contributed by atoms with E-state index >= 15 is 0 Å². The van der Waals surface area contributed by atoms with Gasteiger partial charge in [0.15, 0.2) is 5.78 Å². The first kappa shape index (κ1) is 25.1. The van der Waals surface area contributed by atoms with Gasteiger partial charge in [0.2, 0.25) is 0 Å². The van der Waals surface area contributed by atoms with Gasteiger partial charge in [0.1, 0.15) is 12.2 Å². The van der Waals surface area contributed by atoms with E-state index in [0.717, 1.165) is 50.5 Å². The smallest absolute Gasteiger partial charge is 0.308 e. The van der Waals surface area contributed by atoms with Crippen LogP contribution in [0.5, 0.6) is 0 Å². The summed E-state index contributed by atoms with van der Waals surface area (Å²) in [5.41, 5.74) is 0.897. The second-order valence-electron chi connectivity index (χ2n) is 9.76. The van der Waals surface area contributed by atoms with Crippen LogP contribution in [0.3, 0.4) is 0 Å². The van der Waals surface area contributed by atoms with Crippen molar-refractivity contribution >= 4 is 11.8 Å². The summed E-state index contributed by atoms with van der Waals surface area (Å²) >= 11 is 0. The number of carbonyl (C=O) groups excluding carboxylic acids is 2. The first-order valence-electron chi connectivity index (χ1n) is 12.0. The molecule has 0 aromatic carbocycles. The largest absolute Gasteiger partial charge is 0.462 e. The Morgan fingerprint density at radius 3 is 2.43 bits per heavy atom. The Morgan fingerprint density at radius 1 is 1.03 bits per heavy atom. The fourth-order valence-corrected chi connectivity index (χ4v) is 4.86. The lowest BCUT2D eigenvalue weighted by molar-refractivity contribution is -0.154. The zero-order valence-corrected chi connectivity index (χ0v) is 19.4. The van der Waals surface area contributed by atoms with Crippen LogP contribution in [0.25, 0.3) is 0 Å². The average Bonchev–Trinajstić information content (AvgIpc) is 3.02. The Hall–Kier alpha value is -1.20. The molecule has 0 aliphatic carbocycles. The summed E-state index contributed by atoms with van der Waals surface area (Å²) in [5.74, 6) is -0.268. The molecule has 1 N–H and O–H groups in total. The predicted octanol–water partition coefficient (Wildman–Crippen LogP) is 4.99. The standard InChI is InChI=1S/C25H42O5/c1-6-9-20-13-16(2)12-19(5)24(27)22(26)15-21-14-18(4)23(29-21)11-8-7-10-17(3)25(28)30-20/h17-23,26H,2,6-15H2,1,3-5H3/t17-,18-,19+,20+,21+,22+,23-/m0/s1. The lowest BCUT2D eigenvalue weighted by atomic mass is 9.89. The maximum atomic E-state index is 12.7. The van der Waals surface area contributed by atoms with Crippen LogP contribution in [0, 0.1) is 17.8 Å². The molecule has 0 saturated carbocycles. The van der Waals surface area contributed by atoms with Crippen LogP contribution in [0.15, 0.2) is 12.2 Å². The van der Waals surface area contributed by atoms with Crippen molar-refractivity contribution < 1.29 is 24.2 Å². The topological polar surface area (TPSA) is 72.8 Å². The fourth-order valence-electron chi connectivity index (χ4n) is 4.86. The molecule has 0 spiro atoms. The third kappa shape index (κ3) is 7.49. The molecule has 2 bridgehead atoms. The van der Waals surface area contributed by atoms with Crippen LogP contribution < -0.4 is 0 Å². The van der Waals surface area contributed by atoms with Gasteiger partial charge in [-0.3, -0.25) is 9.59 Å². The summed E-state index contributed by atoms with van der Waals surface area (Å²) in [4.78, 5) is 25.3. The number of hydrogen-bond acceptors (Lipinski definition) is 5. The molecule has 30 heavy (non-hydrogen) atoms. The van der Waals surface area contributed by atoms with E-state index in [1.165, 1.54) is 0 Å². The third-order valence-corrected chi connectivity index (χ3v) is 6.72. The molecule has 0 unspecified atom stereocenters. The van der Waals surface area contributed by atoms with E-state index in [9.17, 15) is 14.7 Å². The minimum absolute atomic E-state index is 0.0546. The lowest BCUT2D eigenvalue weighted by Crippen LogP contribution is -2.31. The van der Waals surface area contributed by atoms with Crippen LogP contribution in [-0.2, 0) is 19.1 Å². The Kier molecular flexibility index (Phi) is 10.0. The zero-order valence-electron chi connectivity index (χ0n) is 19.4. The number of aliphatic hydroxyl groups excluding tert-OH is 1. The normalized spacial score (nSPS) is 38.0. The predicted molar refractivity (Wildman–Crippen MR) is 118 cm³/mol. The second kappa shape index (κ2) is 12.0. The molecule has 5 heteroatoms. The van der Waals surface area contributed by atoms with Gasteiger partial charge in [-0.25, -0.2) is 0 Å². The number of aliphatic hydroxyl groups is 1. The van der Waals surface area contributed by atoms with Gasteiger partial charge in [-0.15, -0.1) is 0 Å². The molecular formula is C25H42O5. The van der Waals surface area contributed by atoms with Gasteiger partial charge in [-0.1, -0.05) is 59.1 Å². The Labute approximate surface area is 182 Å². The highest BCUT2D eigenvalue weighted by molar-refractivity contribution is 5.85. The van der Waals surface area contributed by atoms with Gasteiger partial charge in [0.05, 0.1) is 18.1 Å². The van der Waals surface area contributed by atoms with Gasteiger partial charge in [0, 0.05) is 18.8 Å². The fraction of sp³-hybridized carbons (Fsp3) is 0.840. The number of Topliss-reactive ketones (excluding diaryl/α,β-unsaturated/α-hetero) is 1. The van der Waals surface area contributed by atoms with Crippen molar-refractivity contribution in [2.75, 3.05) is 0 Å². The Bertz CT molecular complexity index is 586. The summed E-state index contributed by atoms with van der Waals surface area (Å²) in [6.45, 7) is 12.2. The highest BCUT2D eigenvalue weighted by Crippen LogP contribution is 2.33. The van der Waals surface area contributed by atoms with Crippen LogP contribution in [-0.4, -0.2) is 41.3 Å². The monoisotopic (exact) mass is 422 g/mol. The van der Waals surface area contributed by atoms with Crippen molar-refractivity contribution in [3.8, 4) is 0 Å². The highest BCUT2D eigenvalue weighted by Gasteiger charge is 2.35. The molecule has 2 aliphatic heterocycles. The molecular weight excluding hydrogens is 380 g/mol. The average molecular weight is 423 g/mol. The number of esters is 1. The van der Waals surface area contributed by atoms with Crippen molar-refractivity contribution in [2.24, 2.45) is 17.8 Å². The summed E-state index contributed by atoms with van der Waals surface area (Å²) in [5, 5.41) is 10.5. The Morgan fingerprint density at radius 2 is 1.73 bits per heavy atom. The van der Waals surface area contributed by atoms with Crippen LogP contribution in [0.1, 0.15) is 91.9 Å². The van der Waals surface area contributed by atoms with Crippen LogP contribution in [0.4, 0.5) is 0 Å². The summed E-state index contributed by atoms with van der Waals surface area (Å²) in [6, 6.07) is 0. The van der Waals surface area contributed by atoms with E-state index in [0.29, 0.717) is 25.2 Å².